The molecule has 73 heavy (non-hydrogen) atoms. The minimum Gasteiger partial charge on any atom is -0.375 e. The van der Waals surface area contributed by atoms with Gasteiger partial charge in [0.2, 0.25) is 23.6 Å². The lowest BCUT2D eigenvalue weighted by Gasteiger charge is -2.32. The molecule has 2 aliphatic heterocycles. The number of amides is 4. The fraction of sp³-hybridized carbons (Fsp3) is 0.373. The van der Waals surface area contributed by atoms with E-state index in [1.165, 1.54) is 0 Å². The van der Waals surface area contributed by atoms with Gasteiger partial charge in [0.1, 0.15) is 5.03 Å². The molecule has 2 aliphatic rings. The molecule has 384 valence electrons. The Morgan fingerprint density at radius 2 is 1.37 bits per heavy atom. The molecule has 7 rings (SSSR count). The molecule has 5 aromatic rings. The maximum Gasteiger partial charge on any atom is 0.229 e. The lowest BCUT2D eigenvalue weighted by molar-refractivity contribution is -0.124. The summed E-state index contributed by atoms with van der Waals surface area (Å²) in [6, 6.07) is 34.6. The molecule has 14 heteroatoms. The Morgan fingerprint density at radius 3 is 2.18 bits per heavy atom. The predicted molar refractivity (Wildman–Crippen MR) is 298 cm³/mol. The summed E-state index contributed by atoms with van der Waals surface area (Å²) in [4.78, 5) is 61.1. The van der Waals surface area contributed by atoms with Crippen LogP contribution in [-0.4, -0.2) is 78.4 Å². The number of carbonyl (C=O) groups is 4. The van der Waals surface area contributed by atoms with Crippen LogP contribution in [0.2, 0.25) is 0 Å². The van der Waals surface area contributed by atoms with Crippen LogP contribution in [0.4, 0.5) is 11.4 Å². The third-order valence-corrected chi connectivity index (χ3v) is 15.5. The van der Waals surface area contributed by atoms with Crippen molar-refractivity contribution >= 4 is 68.7 Å². The van der Waals surface area contributed by atoms with E-state index in [2.05, 4.69) is 76.8 Å². The number of nitrogens with one attached hydrogen (secondary N) is 2. The van der Waals surface area contributed by atoms with Gasteiger partial charge in [-0.2, -0.15) is 0 Å². The van der Waals surface area contributed by atoms with E-state index in [1.54, 1.807) is 27.8 Å². The molecule has 0 saturated heterocycles. The van der Waals surface area contributed by atoms with Crippen LogP contribution < -0.4 is 26.2 Å². The first-order chi connectivity index (χ1) is 35.2. The number of allylic oxidation sites excluding steroid dienone is 1. The van der Waals surface area contributed by atoms with E-state index in [-0.39, 0.29) is 61.9 Å². The lowest BCUT2D eigenvalue weighted by Crippen LogP contribution is -2.36. The molecule has 0 fully saturated rings. The lowest BCUT2D eigenvalue weighted by atomic mass is 9.85. The Bertz CT molecular complexity index is 2750. The van der Waals surface area contributed by atoms with Crippen molar-refractivity contribution in [2.45, 2.75) is 108 Å². The highest BCUT2D eigenvalue weighted by atomic mass is 33.1. The average Bonchev–Trinajstić information content (AvgIpc) is 3.37. The standard InChI is InChI=1S/C59H70N6O6S2/c1-6-42-37-49-39-45(44-20-21-47-40-64(56(68)25-30-60)51-16-10-8-13-43(51)18-19-46(47)38-44)22-23-52(49)65(41-48-14-7-9-15-50(42)48)57(69)26-32-61-53(66)24-28-58(2,3)70-34-29-59(4,5)71-35-33-62-54(67)27-36-72-73-55-17-11-12-31-63-55/h6-23,31,38-39,42H,1,24-30,32-37,40-41,60H2,2-5H3,(H,61,66)(H,62,67)/b19-18-. The maximum atomic E-state index is 14.3. The van der Waals surface area contributed by atoms with E-state index in [0.717, 1.165) is 60.9 Å². The van der Waals surface area contributed by atoms with Crippen molar-refractivity contribution in [1.82, 2.24) is 15.6 Å². The van der Waals surface area contributed by atoms with Crippen LogP contribution in [0, 0.1) is 0 Å². The monoisotopic (exact) mass is 1020 g/mol. The SMILES string of the molecule is C=CC1Cc2cc(-c3ccc4c(c3)/C=C\c3ccccc3N(C(=O)CCN)C4)ccc2N(C(=O)CCNC(=O)CCC(C)(C)OCCC(C)(C)OCCNC(=O)CCSSc2ccccn2)Cc2ccccc21. The van der Waals surface area contributed by atoms with Crippen LogP contribution in [0.1, 0.15) is 106 Å². The topological polar surface area (TPSA) is 156 Å². The second-order valence-corrected chi connectivity index (χ2v) is 22.1. The van der Waals surface area contributed by atoms with Gasteiger partial charge in [-0.1, -0.05) is 95.8 Å². The van der Waals surface area contributed by atoms with Crippen molar-refractivity contribution in [3.8, 4) is 11.1 Å². The number of hydrogen-bond acceptors (Lipinski definition) is 10. The summed E-state index contributed by atoms with van der Waals surface area (Å²) in [5.74, 6) is 0.493. The van der Waals surface area contributed by atoms with Gasteiger partial charge in [0, 0.05) is 68.9 Å². The first kappa shape index (κ1) is 54.7. The largest absolute Gasteiger partial charge is 0.375 e. The van der Waals surface area contributed by atoms with Gasteiger partial charge in [0.25, 0.3) is 0 Å². The number of pyridine rings is 1. The summed E-state index contributed by atoms with van der Waals surface area (Å²) >= 11 is 0. The van der Waals surface area contributed by atoms with E-state index in [1.807, 2.05) is 104 Å². The van der Waals surface area contributed by atoms with Crippen LogP contribution in [0.15, 0.2) is 127 Å². The fourth-order valence-electron chi connectivity index (χ4n) is 9.03. The number of aromatic nitrogens is 1. The molecule has 0 spiro atoms. The number of anilines is 2. The molecule has 4 amide bonds. The molecule has 1 aromatic heterocycles. The molecular weight excluding hydrogens is 953 g/mol. The van der Waals surface area contributed by atoms with Gasteiger partial charge in [-0.3, -0.25) is 19.2 Å². The second-order valence-electron chi connectivity index (χ2n) is 19.6. The molecule has 3 heterocycles. The zero-order valence-electron chi connectivity index (χ0n) is 42.7. The molecule has 0 bridgehead atoms. The van der Waals surface area contributed by atoms with Gasteiger partial charge >= 0.3 is 0 Å². The van der Waals surface area contributed by atoms with Crippen LogP contribution in [-0.2, 0) is 48.2 Å². The summed E-state index contributed by atoms with van der Waals surface area (Å²) in [5, 5.41) is 6.85. The number of carbonyl (C=O) groups excluding carboxylic acids is 4. The molecule has 0 saturated carbocycles. The Labute approximate surface area is 439 Å². The Balaban J connectivity index is 0.913. The molecule has 12 nitrogen and oxygen atoms in total. The van der Waals surface area contributed by atoms with Crippen molar-refractivity contribution in [2.24, 2.45) is 5.73 Å². The Morgan fingerprint density at radius 1 is 0.699 bits per heavy atom. The van der Waals surface area contributed by atoms with Crippen molar-refractivity contribution in [2.75, 3.05) is 48.4 Å². The third kappa shape index (κ3) is 15.7. The van der Waals surface area contributed by atoms with Crippen LogP contribution >= 0.6 is 21.6 Å². The molecule has 1 unspecified atom stereocenters. The molecule has 4 N–H and O–H groups in total. The van der Waals surface area contributed by atoms with Gasteiger partial charge in [-0.05, 0) is 139 Å². The zero-order chi connectivity index (χ0) is 51.8. The van der Waals surface area contributed by atoms with Gasteiger partial charge in [0.05, 0.1) is 43.2 Å². The van der Waals surface area contributed by atoms with Crippen molar-refractivity contribution in [1.29, 1.82) is 0 Å². The molecule has 0 radical (unpaired) electrons. The highest BCUT2D eigenvalue weighted by Gasteiger charge is 2.28. The Hall–Kier alpha value is -6.03. The number of nitrogens with zero attached hydrogens (tertiary/aromatic N) is 3. The Kier molecular flexibility index (Phi) is 19.7. The van der Waals surface area contributed by atoms with E-state index in [0.29, 0.717) is 64.3 Å². The van der Waals surface area contributed by atoms with Crippen LogP contribution in [0.3, 0.4) is 0 Å². The summed E-state index contributed by atoms with van der Waals surface area (Å²) in [6.45, 7) is 14.8. The highest BCUT2D eigenvalue weighted by Crippen LogP contribution is 2.39. The number of fused-ring (bicyclic) bond motifs is 4. The predicted octanol–water partition coefficient (Wildman–Crippen LogP) is 10.7. The number of hydrogen-bond donors (Lipinski definition) is 3. The molecule has 1 atom stereocenters. The van der Waals surface area contributed by atoms with E-state index in [4.69, 9.17) is 15.2 Å². The minimum absolute atomic E-state index is 0.00856. The number of benzene rings is 4. The maximum absolute atomic E-state index is 14.3. The second kappa shape index (κ2) is 26.3. The number of rotatable bonds is 23. The van der Waals surface area contributed by atoms with Crippen molar-refractivity contribution < 1.29 is 28.7 Å². The normalized spacial score (nSPS) is 14.7. The number of para-hydroxylation sites is 1. The van der Waals surface area contributed by atoms with Crippen LogP contribution in [0.5, 0.6) is 0 Å². The van der Waals surface area contributed by atoms with Crippen molar-refractivity contribution in [3.05, 3.63) is 155 Å². The quantitative estimate of drug-likeness (QED) is 0.0327. The molecule has 4 aromatic carbocycles. The van der Waals surface area contributed by atoms with Gasteiger partial charge < -0.3 is 35.6 Å². The van der Waals surface area contributed by atoms with E-state index >= 15 is 0 Å². The average molecular weight is 1020 g/mol. The zero-order valence-corrected chi connectivity index (χ0v) is 44.3. The van der Waals surface area contributed by atoms with Gasteiger partial charge in [-0.25, -0.2) is 4.98 Å². The van der Waals surface area contributed by atoms with Gasteiger partial charge in [0.15, 0.2) is 0 Å². The first-order valence-corrected chi connectivity index (χ1v) is 27.6. The number of ether oxygens (including phenoxy) is 2. The van der Waals surface area contributed by atoms with Gasteiger partial charge in [-0.15, -0.1) is 6.58 Å². The molecule has 0 aliphatic carbocycles. The first-order valence-electron chi connectivity index (χ1n) is 25.3. The van der Waals surface area contributed by atoms with Crippen molar-refractivity contribution in [3.63, 3.8) is 0 Å². The van der Waals surface area contributed by atoms with Crippen LogP contribution in [0.25, 0.3) is 23.3 Å². The smallest absolute Gasteiger partial charge is 0.229 e. The molecular formula is C59H70N6O6S2. The summed E-state index contributed by atoms with van der Waals surface area (Å²) in [5.41, 5.74) is 14.8. The third-order valence-electron chi connectivity index (χ3n) is 13.2. The number of nitrogens with two attached hydrogens (primary N) is 1. The van der Waals surface area contributed by atoms with E-state index < -0.39 is 11.2 Å². The fourth-order valence-corrected chi connectivity index (χ4v) is 10.9. The highest BCUT2D eigenvalue weighted by molar-refractivity contribution is 8.76. The summed E-state index contributed by atoms with van der Waals surface area (Å²) in [6.07, 6.45) is 10.8. The minimum atomic E-state index is -0.555. The summed E-state index contributed by atoms with van der Waals surface area (Å²) < 4.78 is 12.3. The van der Waals surface area contributed by atoms with E-state index in [9.17, 15) is 19.2 Å². The summed E-state index contributed by atoms with van der Waals surface area (Å²) in [7, 11) is 3.17.